The van der Waals surface area contributed by atoms with Gasteiger partial charge in [0.15, 0.2) is 0 Å². The molecule has 0 spiro atoms. The van der Waals surface area contributed by atoms with E-state index in [-0.39, 0.29) is 36.7 Å². The largest absolute Gasteiger partial charge is 0.466 e. The number of hydrogen-bond acceptors (Lipinski definition) is 5. The van der Waals surface area contributed by atoms with Gasteiger partial charge in [0.1, 0.15) is 0 Å². The van der Waals surface area contributed by atoms with Crippen LogP contribution in [0.2, 0.25) is 0 Å². The normalized spacial score (nSPS) is 21.5. The summed E-state index contributed by atoms with van der Waals surface area (Å²) in [6.07, 6.45) is -4.70. The fraction of sp³-hybridized carbons (Fsp3) is 0.583. The first-order valence-corrected chi connectivity index (χ1v) is 10.9. The number of halogens is 3. The Morgan fingerprint density at radius 1 is 1.09 bits per heavy atom. The first-order chi connectivity index (χ1) is 14.9. The lowest BCUT2D eigenvalue weighted by Gasteiger charge is -2.50. The topological polar surface area (TPSA) is 64.6 Å². The van der Waals surface area contributed by atoms with Gasteiger partial charge in [-0.05, 0) is 43.7 Å². The van der Waals surface area contributed by atoms with Crippen LogP contribution in [-0.2, 0) is 30.8 Å². The van der Waals surface area contributed by atoms with Gasteiger partial charge in [-0.1, -0.05) is 45.9 Å². The highest BCUT2D eigenvalue weighted by Crippen LogP contribution is 2.49. The maximum atomic E-state index is 14.0. The summed E-state index contributed by atoms with van der Waals surface area (Å²) in [4.78, 5) is 25.9. The van der Waals surface area contributed by atoms with Crippen LogP contribution in [0.4, 0.5) is 13.2 Å². The summed E-state index contributed by atoms with van der Waals surface area (Å²) in [6.45, 7) is 10.7. The zero-order chi connectivity index (χ0) is 24.3. The smallest absolute Gasteiger partial charge is 0.416 e. The van der Waals surface area contributed by atoms with Crippen LogP contribution >= 0.6 is 0 Å². The number of carbonyl (C=O) groups is 2. The van der Waals surface area contributed by atoms with Crippen molar-refractivity contribution in [3.05, 3.63) is 46.7 Å². The third-order valence-electron chi connectivity index (χ3n) is 5.88. The Balaban J connectivity index is 2.88. The molecule has 2 atom stereocenters. The molecule has 5 nitrogen and oxygen atoms in total. The highest BCUT2D eigenvalue weighted by Gasteiger charge is 2.55. The molecule has 32 heavy (non-hydrogen) atoms. The molecule has 1 aliphatic heterocycles. The van der Waals surface area contributed by atoms with E-state index in [1.165, 1.54) is 18.2 Å². The van der Waals surface area contributed by atoms with Gasteiger partial charge in [0.25, 0.3) is 0 Å². The van der Waals surface area contributed by atoms with Crippen molar-refractivity contribution in [2.75, 3.05) is 13.2 Å². The van der Waals surface area contributed by atoms with E-state index in [9.17, 15) is 22.8 Å². The molecule has 1 N–H and O–H groups in total. The van der Waals surface area contributed by atoms with Crippen molar-refractivity contribution in [3.8, 4) is 0 Å². The Labute approximate surface area is 187 Å². The van der Waals surface area contributed by atoms with Gasteiger partial charge in [-0.15, -0.1) is 0 Å². The molecule has 0 aromatic heterocycles. The minimum atomic E-state index is -4.62. The van der Waals surface area contributed by atoms with E-state index < -0.39 is 41.1 Å². The highest BCUT2D eigenvalue weighted by molar-refractivity contribution is 5.91. The predicted molar refractivity (Wildman–Crippen MR) is 114 cm³/mol. The van der Waals surface area contributed by atoms with Gasteiger partial charge in [0.2, 0.25) is 0 Å². The fourth-order valence-corrected chi connectivity index (χ4v) is 4.48. The van der Waals surface area contributed by atoms with Crippen molar-refractivity contribution in [2.24, 2.45) is 17.8 Å². The van der Waals surface area contributed by atoms with Gasteiger partial charge in [-0.2, -0.15) is 13.2 Å². The summed E-state index contributed by atoms with van der Waals surface area (Å²) in [6, 6.07) is 5.27. The summed E-state index contributed by atoms with van der Waals surface area (Å²) in [7, 11) is 0. The maximum absolute atomic E-state index is 14.0. The molecule has 1 aliphatic rings. The van der Waals surface area contributed by atoms with Crippen molar-refractivity contribution in [2.45, 2.75) is 59.7 Å². The Morgan fingerprint density at radius 3 is 2.19 bits per heavy atom. The lowest BCUT2D eigenvalue weighted by Crippen LogP contribution is -2.59. The van der Waals surface area contributed by atoms with E-state index in [1.807, 2.05) is 13.8 Å². The van der Waals surface area contributed by atoms with E-state index in [4.69, 9.17) is 9.47 Å². The molecule has 1 aromatic carbocycles. The number of alkyl halides is 3. The number of carbonyl (C=O) groups excluding carboxylic acids is 2. The van der Waals surface area contributed by atoms with Crippen LogP contribution in [0.3, 0.4) is 0 Å². The molecule has 178 valence electrons. The minimum Gasteiger partial charge on any atom is -0.466 e. The average Bonchev–Trinajstić information content (AvgIpc) is 2.72. The Bertz CT molecular complexity index is 876. The van der Waals surface area contributed by atoms with Crippen molar-refractivity contribution in [3.63, 3.8) is 0 Å². The van der Waals surface area contributed by atoms with E-state index in [1.54, 1.807) is 27.7 Å². The fourth-order valence-electron chi connectivity index (χ4n) is 4.48. The molecule has 1 heterocycles. The van der Waals surface area contributed by atoms with Crippen molar-refractivity contribution >= 4 is 11.9 Å². The first-order valence-electron chi connectivity index (χ1n) is 10.9. The number of hydrogen-bond donors (Lipinski definition) is 1. The van der Waals surface area contributed by atoms with Gasteiger partial charge in [0, 0.05) is 5.70 Å². The van der Waals surface area contributed by atoms with E-state index in [2.05, 4.69) is 5.32 Å². The van der Waals surface area contributed by atoms with Crippen molar-refractivity contribution in [1.29, 1.82) is 0 Å². The van der Waals surface area contributed by atoms with Gasteiger partial charge in [-0.3, -0.25) is 4.79 Å². The van der Waals surface area contributed by atoms with Crippen LogP contribution in [0.15, 0.2) is 35.5 Å². The van der Waals surface area contributed by atoms with E-state index in [0.717, 1.165) is 6.07 Å². The molecule has 0 fully saturated rings. The molecule has 0 aliphatic carbocycles. The van der Waals surface area contributed by atoms with Gasteiger partial charge < -0.3 is 14.8 Å². The molecule has 0 saturated carbocycles. The number of esters is 2. The second kappa shape index (κ2) is 9.96. The van der Waals surface area contributed by atoms with E-state index >= 15 is 0 Å². The molecule has 0 bridgehead atoms. The second-order valence-electron chi connectivity index (χ2n) is 8.47. The lowest BCUT2D eigenvalue weighted by atomic mass is 9.64. The number of nitrogens with one attached hydrogen (secondary N) is 1. The maximum Gasteiger partial charge on any atom is 0.416 e. The zero-order valence-corrected chi connectivity index (χ0v) is 19.4. The molecule has 2 unspecified atom stereocenters. The molecular weight excluding hydrogens is 423 g/mol. The summed E-state index contributed by atoms with van der Waals surface area (Å²) < 4.78 is 52.6. The standard InChI is InChI=1S/C24H32F3NO4/c1-7-31-21(29)16-13-19(22(30)32-8-2)23(15(5)6,28-20(16)14(3)4)17-11-9-10-12-18(17)24(25,26)27/h9-12,14-15,19,28H,7-8,13H2,1-6H3. The van der Waals surface area contributed by atoms with Gasteiger partial charge >= 0.3 is 18.1 Å². The average molecular weight is 456 g/mol. The minimum absolute atomic E-state index is 0.0402. The molecule has 0 amide bonds. The third-order valence-corrected chi connectivity index (χ3v) is 5.88. The summed E-state index contributed by atoms with van der Waals surface area (Å²) in [5, 5.41) is 3.25. The van der Waals surface area contributed by atoms with Gasteiger partial charge in [0.05, 0.1) is 35.8 Å². The Morgan fingerprint density at radius 2 is 1.69 bits per heavy atom. The first kappa shape index (κ1) is 25.7. The lowest BCUT2D eigenvalue weighted by molar-refractivity contribution is -0.155. The van der Waals surface area contributed by atoms with Crippen molar-refractivity contribution in [1.82, 2.24) is 5.32 Å². The van der Waals surface area contributed by atoms with Crippen LogP contribution in [0.5, 0.6) is 0 Å². The van der Waals surface area contributed by atoms with E-state index in [0.29, 0.717) is 5.70 Å². The number of benzene rings is 1. The molecule has 0 radical (unpaired) electrons. The number of ether oxygens (including phenoxy) is 2. The monoisotopic (exact) mass is 455 g/mol. The third kappa shape index (κ3) is 4.79. The Kier molecular flexibility index (Phi) is 8.02. The zero-order valence-electron chi connectivity index (χ0n) is 19.4. The van der Waals surface area contributed by atoms with Crippen molar-refractivity contribution < 1.29 is 32.2 Å². The molecule has 2 rings (SSSR count). The summed E-state index contributed by atoms with van der Waals surface area (Å²) in [5.41, 5.74) is -1.55. The molecule has 1 aromatic rings. The number of allylic oxidation sites excluding steroid dienone is 1. The van der Waals surface area contributed by atoms with Gasteiger partial charge in [-0.25, -0.2) is 4.79 Å². The molecule has 8 heteroatoms. The summed E-state index contributed by atoms with van der Waals surface area (Å²) >= 11 is 0. The highest BCUT2D eigenvalue weighted by atomic mass is 19.4. The van der Waals surface area contributed by atoms with Crippen LogP contribution in [-0.4, -0.2) is 25.2 Å². The Hall–Kier alpha value is -2.51. The molecule has 0 saturated heterocycles. The number of rotatable bonds is 7. The molecular formula is C24H32F3NO4. The van der Waals surface area contributed by atoms with Crippen LogP contribution in [0.25, 0.3) is 0 Å². The van der Waals surface area contributed by atoms with Crippen LogP contribution < -0.4 is 5.32 Å². The van der Waals surface area contributed by atoms with Crippen LogP contribution in [0, 0.1) is 17.8 Å². The second-order valence-corrected chi connectivity index (χ2v) is 8.47. The quantitative estimate of drug-likeness (QED) is 0.573. The SMILES string of the molecule is CCOC(=O)C1=C(C(C)C)NC(c2ccccc2C(F)(F)F)(C(C)C)C(C(=O)OCC)C1. The van der Waals surface area contributed by atoms with Crippen LogP contribution in [0.1, 0.15) is 59.1 Å². The summed E-state index contributed by atoms with van der Waals surface area (Å²) in [5.74, 6) is -2.96. The predicted octanol–water partition coefficient (Wildman–Crippen LogP) is 5.20.